The second kappa shape index (κ2) is 12.6. The van der Waals surface area contributed by atoms with Crippen molar-refractivity contribution >= 4 is 35.0 Å². The van der Waals surface area contributed by atoms with Crippen LogP contribution in [0, 0.1) is 13.8 Å². The molecule has 0 saturated carbocycles. The summed E-state index contributed by atoms with van der Waals surface area (Å²) < 4.78 is 11.4. The highest BCUT2D eigenvalue weighted by atomic mass is 35.5. The number of unbranched alkanes of at least 4 members (excludes halogenated alkanes) is 1. The molecule has 0 heterocycles. The second-order valence-electron chi connectivity index (χ2n) is 7.63. The average Bonchev–Trinajstić information content (AvgIpc) is 2.74. The van der Waals surface area contributed by atoms with Gasteiger partial charge in [0.05, 0.1) is 0 Å². The van der Waals surface area contributed by atoms with Crippen molar-refractivity contribution in [1.29, 1.82) is 0 Å². The fraction of sp³-hybridized carbons (Fsp3) is 0.417. The molecule has 0 aromatic heterocycles. The Balaban J connectivity index is 1.62. The van der Waals surface area contributed by atoms with E-state index in [1.54, 1.807) is 50.2 Å². The zero-order chi connectivity index (χ0) is 23.7. The summed E-state index contributed by atoms with van der Waals surface area (Å²) in [6, 6.07) is 10.5. The number of nitrogens with one attached hydrogen (secondary N) is 2. The minimum atomic E-state index is -0.621. The van der Waals surface area contributed by atoms with Crippen LogP contribution < -0.4 is 20.1 Å². The number of rotatable bonds is 11. The Labute approximate surface area is 199 Å². The fourth-order valence-corrected chi connectivity index (χ4v) is 3.39. The Hall–Kier alpha value is -2.44. The Morgan fingerprint density at radius 1 is 0.781 bits per heavy atom. The predicted octanol–water partition coefficient (Wildman–Crippen LogP) is 4.86. The third kappa shape index (κ3) is 8.24. The van der Waals surface area contributed by atoms with Crippen molar-refractivity contribution in [3.8, 4) is 11.5 Å². The first-order chi connectivity index (χ1) is 15.2. The lowest BCUT2D eigenvalue weighted by atomic mass is 10.2. The molecular formula is C24H30Cl2N2O4. The minimum Gasteiger partial charge on any atom is -0.481 e. The standard InChI is InChI=1S/C24H30Cl2N2O4/c1-15-13-19(25)7-9-21(15)31-17(3)23(29)27-11-5-6-12-28-24(30)18(4)32-22-10-8-20(26)14-16(22)2/h7-10,13-14,17-18H,5-6,11-12H2,1-4H3,(H,27,29)(H,28,30)/t17-,18-/m1/s1. The van der Waals surface area contributed by atoms with Gasteiger partial charge in [0, 0.05) is 23.1 Å². The van der Waals surface area contributed by atoms with Crippen LogP contribution in [0.5, 0.6) is 11.5 Å². The van der Waals surface area contributed by atoms with E-state index in [-0.39, 0.29) is 11.8 Å². The first-order valence-electron chi connectivity index (χ1n) is 10.6. The van der Waals surface area contributed by atoms with Crippen LogP contribution in [0.3, 0.4) is 0 Å². The number of halogens is 2. The Morgan fingerprint density at radius 2 is 1.16 bits per heavy atom. The highest BCUT2D eigenvalue weighted by molar-refractivity contribution is 6.31. The fourth-order valence-electron chi connectivity index (χ4n) is 2.94. The molecule has 0 bridgehead atoms. The van der Waals surface area contributed by atoms with Crippen LogP contribution >= 0.6 is 23.2 Å². The summed E-state index contributed by atoms with van der Waals surface area (Å²) >= 11 is 11.9. The maximum Gasteiger partial charge on any atom is 0.260 e. The van der Waals surface area contributed by atoms with Gasteiger partial charge in [0.2, 0.25) is 0 Å². The molecule has 0 aliphatic heterocycles. The number of carbonyl (C=O) groups is 2. The molecule has 174 valence electrons. The van der Waals surface area contributed by atoms with Gasteiger partial charge >= 0.3 is 0 Å². The van der Waals surface area contributed by atoms with E-state index in [4.69, 9.17) is 32.7 Å². The highest BCUT2D eigenvalue weighted by Gasteiger charge is 2.16. The molecule has 0 saturated heterocycles. The monoisotopic (exact) mass is 480 g/mol. The van der Waals surface area contributed by atoms with Crippen LogP contribution in [0.15, 0.2) is 36.4 Å². The van der Waals surface area contributed by atoms with E-state index in [9.17, 15) is 9.59 Å². The molecule has 2 amide bonds. The van der Waals surface area contributed by atoms with Gasteiger partial charge in [-0.15, -0.1) is 0 Å². The number of amides is 2. The predicted molar refractivity (Wildman–Crippen MR) is 128 cm³/mol. The highest BCUT2D eigenvalue weighted by Crippen LogP contribution is 2.23. The van der Waals surface area contributed by atoms with Crippen molar-refractivity contribution in [2.24, 2.45) is 0 Å². The number of hydrogen-bond acceptors (Lipinski definition) is 4. The first-order valence-corrected chi connectivity index (χ1v) is 11.3. The zero-order valence-electron chi connectivity index (χ0n) is 18.8. The summed E-state index contributed by atoms with van der Waals surface area (Å²) in [6.07, 6.45) is 0.210. The van der Waals surface area contributed by atoms with Crippen molar-refractivity contribution in [2.45, 2.75) is 52.7 Å². The summed E-state index contributed by atoms with van der Waals surface area (Å²) in [5.41, 5.74) is 1.75. The number of hydrogen-bond donors (Lipinski definition) is 2. The molecule has 0 unspecified atom stereocenters. The van der Waals surface area contributed by atoms with Gasteiger partial charge < -0.3 is 20.1 Å². The number of carbonyl (C=O) groups excluding carboxylic acids is 2. The van der Waals surface area contributed by atoms with E-state index in [1.165, 1.54) is 0 Å². The molecule has 2 atom stereocenters. The lowest BCUT2D eigenvalue weighted by Gasteiger charge is -2.17. The molecule has 0 fully saturated rings. The summed E-state index contributed by atoms with van der Waals surface area (Å²) in [6.45, 7) is 8.15. The molecule has 0 aliphatic rings. The van der Waals surface area contributed by atoms with Crippen LogP contribution in [0.25, 0.3) is 0 Å². The Morgan fingerprint density at radius 3 is 1.50 bits per heavy atom. The van der Waals surface area contributed by atoms with Gasteiger partial charge in [-0.25, -0.2) is 0 Å². The van der Waals surface area contributed by atoms with Crippen LogP contribution in [-0.2, 0) is 9.59 Å². The SMILES string of the molecule is Cc1cc(Cl)ccc1O[C@H](C)C(=O)NCCCCNC(=O)[C@@H](C)Oc1ccc(Cl)cc1C. The van der Waals surface area contributed by atoms with Gasteiger partial charge in [0.1, 0.15) is 11.5 Å². The average molecular weight is 481 g/mol. The van der Waals surface area contributed by atoms with Crippen LogP contribution in [0.1, 0.15) is 37.8 Å². The van der Waals surface area contributed by atoms with Gasteiger partial charge in [-0.2, -0.15) is 0 Å². The molecule has 0 spiro atoms. The molecule has 2 N–H and O–H groups in total. The van der Waals surface area contributed by atoms with Crippen molar-refractivity contribution in [3.05, 3.63) is 57.6 Å². The second-order valence-corrected chi connectivity index (χ2v) is 8.50. The van der Waals surface area contributed by atoms with Crippen LogP contribution in [-0.4, -0.2) is 37.1 Å². The van der Waals surface area contributed by atoms with Crippen LogP contribution in [0.2, 0.25) is 10.0 Å². The summed E-state index contributed by atoms with van der Waals surface area (Å²) in [4.78, 5) is 24.4. The van der Waals surface area contributed by atoms with E-state index in [0.29, 0.717) is 34.6 Å². The number of benzene rings is 2. The Bertz CT molecular complexity index is 861. The maximum absolute atomic E-state index is 12.2. The molecular weight excluding hydrogens is 451 g/mol. The van der Waals surface area contributed by atoms with Crippen molar-refractivity contribution in [1.82, 2.24) is 10.6 Å². The minimum absolute atomic E-state index is 0.191. The third-order valence-corrected chi connectivity index (χ3v) is 5.29. The molecule has 2 rings (SSSR count). The number of ether oxygens (including phenoxy) is 2. The molecule has 32 heavy (non-hydrogen) atoms. The van der Waals surface area contributed by atoms with Crippen molar-refractivity contribution < 1.29 is 19.1 Å². The van der Waals surface area contributed by atoms with Gasteiger partial charge in [0.15, 0.2) is 12.2 Å². The van der Waals surface area contributed by atoms with Crippen LogP contribution in [0.4, 0.5) is 0 Å². The quantitative estimate of drug-likeness (QED) is 0.450. The first kappa shape index (κ1) is 25.8. The lowest BCUT2D eigenvalue weighted by molar-refractivity contribution is -0.128. The largest absolute Gasteiger partial charge is 0.481 e. The molecule has 8 heteroatoms. The van der Waals surface area contributed by atoms with Gasteiger partial charge in [-0.1, -0.05) is 23.2 Å². The normalized spacial score (nSPS) is 12.6. The number of aryl methyl sites for hydroxylation is 2. The van der Waals surface area contributed by atoms with E-state index in [2.05, 4.69) is 10.6 Å². The van der Waals surface area contributed by atoms with E-state index >= 15 is 0 Å². The smallest absolute Gasteiger partial charge is 0.260 e. The van der Waals surface area contributed by atoms with Gasteiger partial charge in [-0.3, -0.25) is 9.59 Å². The van der Waals surface area contributed by atoms with Gasteiger partial charge in [-0.05, 0) is 88.1 Å². The van der Waals surface area contributed by atoms with E-state index in [0.717, 1.165) is 24.0 Å². The van der Waals surface area contributed by atoms with Crippen molar-refractivity contribution in [3.63, 3.8) is 0 Å². The summed E-state index contributed by atoms with van der Waals surface area (Å²) in [7, 11) is 0. The third-order valence-electron chi connectivity index (χ3n) is 4.82. The molecule has 2 aromatic carbocycles. The van der Waals surface area contributed by atoms with E-state index in [1.807, 2.05) is 13.8 Å². The Kier molecular flexibility index (Phi) is 10.1. The van der Waals surface area contributed by atoms with Gasteiger partial charge in [0.25, 0.3) is 11.8 Å². The molecule has 6 nitrogen and oxygen atoms in total. The molecule has 0 radical (unpaired) electrons. The molecule has 2 aromatic rings. The van der Waals surface area contributed by atoms with E-state index < -0.39 is 12.2 Å². The summed E-state index contributed by atoms with van der Waals surface area (Å²) in [5, 5.41) is 6.95. The van der Waals surface area contributed by atoms with Crippen molar-refractivity contribution in [2.75, 3.05) is 13.1 Å². The topological polar surface area (TPSA) is 76.7 Å². The summed E-state index contributed by atoms with van der Waals surface area (Å²) in [5.74, 6) is 0.877. The maximum atomic E-state index is 12.2. The lowest BCUT2D eigenvalue weighted by Crippen LogP contribution is -2.38. The zero-order valence-corrected chi connectivity index (χ0v) is 20.3. The molecule has 0 aliphatic carbocycles.